The molecule has 0 aliphatic carbocycles. The first-order chi connectivity index (χ1) is 5.20. The number of hydrogen-bond donors (Lipinski definition) is 3. The van der Waals surface area contributed by atoms with Crippen LogP contribution in [0, 0.1) is 0 Å². The summed E-state index contributed by atoms with van der Waals surface area (Å²) in [6.45, 7) is 0. The SMILES string of the molecule is Nc1ccc(Cl)cc1.O[B]O. The first-order valence-corrected chi connectivity index (χ1v) is 3.19. The smallest absolute Gasteiger partial charge is 0.429 e. The molecule has 0 unspecified atom stereocenters. The highest BCUT2D eigenvalue weighted by Crippen LogP contribution is 2.09. The van der Waals surface area contributed by atoms with Crippen molar-refractivity contribution in [3.05, 3.63) is 29.3 Å². The van der Waals surface area contributed by atoms with Gasteiger partial charge < -0.3 is 15.8 Å². The first kappa shape index (κ1) is 10.3. The summed E-state index contributed by atoms with van der Waals surface area (Å²) in [5.74, 6) is 0. The van der Waals surface area contributed by atoms with Gasteiger partial charge in [0.1, 0.15) is 0 Å². The highest BCUT2D eigenvalue weighted by Gasteiger charge is 1.82. The predicted octanol–water partition coefficient (Wildman–Crippen LogP) is 0.427. The third kappa shape index (κ3) is 5.73. The summed E-state index contributed by atoms with van der Waals surface area (Å²) in [7, 11) is 0. The van der Waals surface area contributed by atoms with E-state index in [9.17, 15) is 0 Å². The lowest BCUT2D eigenvalue weighted by molar-refractivity contribution is 0.448. The van der Waals surface area contributed by atoms with Gasteiger partial charge in [0, 0.05) is 10.7 Å². The van der Waals surface area contributed by atoms with Crippen molar-refractivity contribution in [3.63, 3.8) is 0 Å². The summed E-state index contributed by atoms with van der Waals surface area (Å²) < 4.78 is 0. The fraction of sp³-hybridized carbons (Fsp3) is 0. The highest BCUT2D eigenvalue weighted by molar-refractivity contribution is 6.30. The minimum absolute atomic E-state index is 0. The number of hydrogen-bond acceptors (Lipinski definition) is 3. The summed E-state index contributed by atoms with van der Waals surface area (Å²) in [5, 5.41) is 14.7. The van der Waals surface area contributed by atoms with Crippen LogP contribution >= 0.6 is 11.6 Å². The number of nitrogen functional groups attached to an aromatic ring is 1. The molecule has 1 rings (SSSR count). The fourth-order valence-electron chi connectivity index (χ4n) is 0.463. The molecule has 1 radical (unpaired) electrons. The largest absolute Gasteiger partial charge is 0.482 e. The summed E-state index contributed by atoms with van der Waals surface area (Å²) in [4.78, 5) is 0. The van der Waals surface area contributed by atoms with Gasteiger partial charge in [-0.05, 0) is 24.3 Å². The van der Waals surface area contributed by atoms with E-state index in [0.29, 0.717) is 0 Å². The predicted molar refractivity (Wildman–Crippen MR) is 46.1 cm³/mol. The molecule has 0 saturated heterocycles. The van der Waals surface area contributed by atoms with E-state index < -0.39 is 0 Å². The number of benzene rings is 1. The van der Waals surface area contributed by atoms with Crippen molar-refractivity contribution in [2.75, 3.05) is 5.73 Å². The van der Waals surface area contributed by atoms with Crippen molar-refractivity contribution in [3.8, 4) is 0 Å². The van der Waals surface area contributed by atoms with Gasteiger partial charge in [0.2, 0.25) is 0 Å². The third-order valence-corrected chi connectivity index (χ3v) is 1.12. The van der Waals surface area contributed by atoms with E-state index in [1.165, 1.54) is 0 Å². The lowest BCUT2D eigenvalue weighted by Crippen LogP contribution is -1.80. The van der Waals surface area contributed by atoms with E-state index in [1.807, 2.05) is 0 Å². The highest BCUT2D eigenvalue weighted by atomic mass is 35.5. The molecule has 0 heterocycles. The Balaban J connectivity index is 0.000000292. The van der Waals surface area contributed by atoms with Crippen LogP contribution in [0.1, 0.15) is 0 Å². The van der Waals surface area contributed by atoms with Crippen molar-refractivity contribution in [2.24, 2.45) is 0 Å². The van der Waals surface area contributed by atoms with Gasteiger partial charge in [-0.1, -0.05) is 11.6 Å². The molecule has 0 aliphatic heterocycles. The Hall–Kier alpha value is -0.705. The average Bonchev–Trinajstić information content (AvgIpc) is 1.97. The van der Waals surface area contributed by atoms with Gasteiger partial charge in [-0.15, -0.1) is 0 Å². The van der Waals surface area contributed by atoms with Crippen LogP contribution in [0.2, 0.25) is 5.02 Å². The van der Waals surface area contributed by atoms with Crippen molar-refractivity contribution in [1.29, 1.82) is 0 Å². The normalized spacial score (nSPS) is 7.91. The van der Waals surface area contributed by atoms with Crippen LogP contribution in [0.25, 0.3) is 0 Å². The maximum Gasteiger partial charge on any atom is 0.482 e. The van der Waals surface area contributed by atoms with Gasteiger partial charge in [0.15, 0.2) is 0 Å². The maximum atomic E-state index is 7.00. The molecule has 5 heteroatoms. The van der Waals surface area contributed by atoms with Crippen LogP contribution < -0.4 is 5.73 Å². The lowest BCUT2D eigenvalue weighted by atomic mass is 10.3. The number of anilines is 1. The molecule has 1 aromatic rings. The summed E-state index contributed by atoms with van der Waals surface area (Å²) in [6.07, 6.45) is 0. The Morgan fingerprint density at radius 3 is 1.82 bits per heavy atom. The average molecular weight is 172 g/mol. The Morgan fingerprint density at radius 2 is 1.55 bits per heavy atom. The van der Waals surface area contributed by atoms with Crippen molar-refractivity contribution in [1.82, 2.24) is 0 Å². The van der Waals surface area contributed by atoms with Gasteiger partial charge in [-0.3, -0.25) is 0 Å². The lowest BCUT2D eigenvalue weighted by Gasteiger charge is -1.88. The standard InChI is InChI=1S/C6H6ClN.BH2O2/c7-5-1-3-6(8)4-2-5;2-1-3/h1-4H,8H2;2-3H. The monoisotopic (exact) mass is 172 g/mol. The molecule has 0 spiro atoms. The molecule has 59 valence electrons. The number of halogens is 1. The molecule has 0 bridgehead atoms. The molecule has 11 heavy (non-hydrogen) atoms. The van der Waals surface area contributed by atoms with Gasteiger partial charge in [0.05, 0.1) is 0 Å². The Labute approximate surface area is 70.7 Å². The van der Waals surface area contributed by atoms with Crippen molar-refractivity contribution in [2.45, 2.75) is 0 Å². The van der Waals surface area contributed by atoms with Gasteiger partial charge in [-0.2, -0.15) is 0 Å². The van der Waals surface area contributed by atoms with E-state index in [2.05, 4.69) is 0 Å². The minimum Gasteiger partial charge on any atom is -0.429 e. The summed E-state index contributed by atoms with van der Waals surface area (Å²) in [5.41, 5.74) is 6.11. The molecule has 0 saturated carbocycles. The molecule has 0 amide bonds. The molecular formula is C6H8BClNO2. The summed E-state index contributed by atoms with van der Waals surface area (Å²) >= 11 is 5.56. The molecule has 4 N–H and O–H groups in total. The fourth-order valence-corrected chi connectivity index (χ4v) is 0.589. The molecule has 0 aliphatic rings. The van der Waals surface area contributed by atoms with E-state index in [1.54, 1.807) is 24.3 Å². The third-order valence-electron chi connectivity index (χ3n) is 0.870. The van der Waals surface area contributed by atoms with Crippen LogP contribution in [-0.2, 0) is 0 Å². The Bertz CT molecular complexity index is 171. The van der Waals surface area contributed by atoms with Gasteiger partial charge >= 0.3 is 7.69 Å². The Morgan fingerprint density at radius 1 is 1.18 bits per heavy atom. The molecule has 3 nitrogen and oxygen atoms in total. The zero-order chi connectivity index (χ0) is 8.69. The minimum atomic E-state index is 0. The zero-order valence-electron chi connectivity index (χ0n) is 5.74. The second-order valence-electron chi connectivity index (χ2n) is 1.67. The van der Waals surface area contributed by atoms with E-state index in [-0.39, 0.29) is 7.69 Å². The molecular weight excluding hydrogens is 164 g/mol. The van der Waals surface area contributed by atoms with E-state index >= 15 is 0 Å². The quantitative estimate of drug-likeness (QED) is 0.393. The Kier molecular flexibility index (Phi) is 5.65. The van der Waals surface area contributed by atoms with Crippen LogP contribution in [0.5, 0.6) is 0 Å². The number of nitrogens with two attached hydrogens (primary N) is 1. The van der Waals surface area contributed by atoms with Gasteiger partial charge in [-0.25, -0.2) is 0 Å². The molecule has 1 aromatic carbocycles. The van der Waals surface area contributed by atoms with Crippen LogP contribution in [0.15, 0.2) is 24.3 Å². The second kappa shape index (κ2) is 6.03. The molecule has 0 fully saturated rings. The summed E-state index contributed by atoms with van der Waals surface area (Å²) in [6, 6.07) is 7.05. The van der Waals surface area contributed by atoms with Crippen LogP contribution in [0.4, 0.5) is 5.69 Å². The maximum absolute atomic E-state index is 7.00. The first-order valence-electron chi connectivity index (χ1n) is 2.82. The number of rotatable bonds is 0. The zero-order valence-corrected chi connectivity index (χ0v) is 6.49. The van der Waals surface area contributed by atoms with Crippen LogP contribution in [0.3, 0.4) is 0 Å². The van der Waals surface area contributed by atoms with Crippen LogP contribution in [-0.4, -0.2) is 17.7 Å². The van der Waals surface area contributed by atoms with Gasteiger partial charge in [0.25, 0.3) is 0 Å². The molecule has 0 aromatic heterocycles. The topological polar surface area (TPSA) is 66.5 Å². The van der Waals surface area contributed by atoms with E-state index in [4.69, 9.17) is 27.4 Å². The van der Waals surface area contributed by atoms with Crippen molar-refractivity contribution < 1.29 is 10.0 Å². The molecule has 0 atom stereocenters. The second-order valence-corrected chi connectivity index (χ2v) is 2.10. The van der Waals surface area contributed by atoms with Crippen molar-refractivity contribution >= 4 is 25.0 Å². The van der Waals surface area contributed by atoms with E-state index in [0.717, 1.165) is 10.7 Å².